The molecule has 0 aliphatic carbocycles. The van der Waals surface area contributed by atoms with E-state index in [9.17, 15) is 4.79 Å². The van der Waals surface area contributed by atoms with E-state index in [0.717, 1.165) is 16.6 Å². The topological polar surface area (TPSA) is 47.6 Å². The van der Waals surface area contributed by atoms with Crippen LogP contribution in [0.15, 0.2) is 22.7 Å². The third kappa shape index (κ3) is 6.39. The van der Waals surface area contributed by atoms with E-state index >= 15 is 0 Å². The van der Waals surface area contributed by atoms with Crippen LogP contribution in [0.5, 0.6) is 5.75 Å². The number of hydrogen-bond acceptors (Lipinski definition) is 3. The number of ether oxygens (including phenoxy) is 2. The van der Waals surface area contributed by atoms with Gasteiger partial charge in [-0.2, -0.15) is 0 Å². The number of rotatable bonds is 9. The van der Waals surface area contributed by atoms with E-state index in [1.54, 1.807) is 7.11 Å². The average Bonchev–Trinajstić information content (AvgIpc) is 2.45. The van der Waals surface area contributed by atoms with Crippen molar-refractivity contribution in [3.8, 4) is 5.75 Å². The number of hydrogen-bond donors (Lipinski definition) is 1. The lowest BCUT2D eigenvalue weighted by Crippen LogP contribution is -2.26. The molecule has 1 aromatic rings. The van der Waals surface area contributed by atoms with Gasteiger partial charge in [0.2, 0.25) is 5.91 Å². The monoisotopic (exact) mass is 343 g/mol. The van der Waals surface area contributed by atoms with Crippen LogP contribution in [-0.4, -0.2) is 32.8 Å². The van der Waals surface area contributed by atoms with Crippen LogP contribution in [-0.2, 0) is 16.0 Å². The van der Waals surface area contributed by atoms with Gasteiger partial charge in [-0.25, -0.2) is 0 Å². The lowest BCUT2D eigenvalue weighted by molar-refractivity contribution is -0.121. The molecule has 1 rings (SSSR count). The maximum Gasteiger partial charge on any atom is 0.220 e. The summed E-state index contributed by atoms with van der Waals surface area (Å²) in [7, 11) is 1.61. The second-order valence-corrected chi connectivity index (χ2v) is 5.27. The molecular weight excluding hydrogens is 322 g/mol. The van der Waals surface area contributed by atoms with E-state index < -0.39 is 0 Å². The molecule has 0 saturated carbocycles. The first kappa shape index (κ1) is 17.0. The summed E-state index contributed by atoms with van der Waals surface area (Å²) >= 11 is 3.49. The average molecular weight is 344 g/mol. The first-order valence-electron chi connectivity index (χ1n) is 6.84. The molecule has 0 atom stereocenters. The Kier molecular flexibility index (Phi) is 8.30. The summed E-state index contributed by atoms with van der Waals surface area (Å²) in [5, 5.41) is 2.78. The first-order valence-corrected chi connectivity index (χ1v) is 7.63. The van der Waals surface area contributed by atoms with Gasteiger partial charge in [0.15, 0.2) is 0 Å². The minimum atomic E-state index is 0.0334. The molecule has 0 heterocycles. The number of amides is 1. The molecule has 112 valence electrons. The van der Waals surface area contributed by atoms with Crippen molar-refractivity contribution in [2.24, 2.45) is 0 Å². The van der Waals surface area contributed by atoms with Gasteiger partial charge in [-0.15, -0.1) is 0 Å². The molecule has 20 heavy (non-hydrogen) atoms. The molecule has 0 aromatic heterocycles. The van der Waals surface area contributed by atoms with E-state index in [4.69, 9.17) is 9.47 Å². The summed E-state index contributed by atoms with van der Waals surface area (Å²) in [4.78, 5) is 11.4. The summed E-state index contributed by atoms with van der Waals surface area (Å²) in [6.45, 7) is 3.74. The Balaban J connectivity index is 2.22. The maximum absolute atomic E-state index is 11.4. The van der Waals surface area contributed by atoms with Gasteiger partial charge in [-0.3, -0.25) is 4.79 Å². The van der Waals surface area contributed by atoms with Gasteiger partial charge in [0.25, 0.3) is 0 Å². The number of carbonyl (C=O) groups is 1. The Morgan fingerprint density at radius 3 is 2.80 bits per heavy atom. The third-order valence-electron chi connectivity index (χ3n) is 2.84. The van der Waals surface area contributed by atoms with E-state index in [1.807, 2.05) is 6.07 Å². The fourth-order valence-electron chi connectivity index (χ4n) is 1.68. The highest BCUT2D eigenvalue weighted by Crippen LogP contribution is 2.26. The lowest BCUT2D eigenvalue weighted by Gasteiger charge is -2.09. The van der Waals surface area contributed by atoms with Crippen LogP contribution in [0.3, 0.4) is 0 Å². The maximum atomic E-state index is 11.4. The van der Waals surface area contributed by atoms with Gasteiger partial charge in [0, 0.05) is 20.1 Å². The molecule has 5 heteroatoms. The summed E-state index contributed by atoms with van der Waals surface area (Å²) < 4.78 is 11.5. The number of nitrogens with one attached hydrogen (secondary N) is 1. The Morgan fingerprint density at radius 2 is 2.15 bits per heavy atom. The van der Waals surface area contributed by atoms with Gasteiger partial charge < -0.3 is 14.8 Å². The van der Waals surface area contributed by atoms with Crippen LogP contribution in [0.1, 0.15) is 25.3 Å². The zero-order valence-electron chi connectivity index (χ0n) is 12.1. The molecule has 0 aliphatic heterocycles. The first-order chi connectivity index (χ1) is 9.67. The Morgan fingerprint density at radius 1 is 1.35 bits per heavy atom. The van der Waals surface area contributed by atoms with Crippen molar-refractivity contribution in [2.45, 2.75) is 26.2 Å². The minimum absolute atomic E-state index is 0.0334. The Hall–Kier alpha value is -1.07. The predicted octanol–water partition coefficient (Wildman–Crippen LogP) is 2.93. The smallest absolute Gasteiger partial charge is 0.220 e. The van der Waals surface area contributed by atoms with Gasteiger partial charge in [0.1, 0.15) is 5.75 Å². The van der Waals surface area contributed by atoms with Crippen LogP contribution in [0, 0.1) is 0 Å². The summed E-state index contributed by atoms with van der Waals surface area (Å²) in [5.41, 5.74) is 1.27. The van der Waals surface area contributed by atoms with Crippen LogP contribution in [0.2, 0.25) is 0 Å². The standard InChI is InChI=1S/C15H22BrNO3/c1-3-12-6-7-14(13(16)11-12)20-9-4-5-15(18)17-8-10-19-2/h6-7,11H,3-5,8-10H2,1-2H3,(H,17,18). The molecule has 0 radical (unpaired) electrons. The van der Waals surface area contributed by atoms with E-state index in [-0.39, 0.29) is 5.91 Å². The quantitative estimate of drug-likeness (QED) is 0.701. The second kappa shape index (κ2) is 9.77. The molecule has 1 N–H and O–H groups in total. The van der Waals surface area contributed by atoms with E-state index in [1.165, 1.54) is 5.56 Å². The molecule has 0 saturated heterocycles. The fraction of sp³-hybridized carbons (Fsp3) is 0.533. The normalized spacial score (nSPS) is 10.3. The van der Waals surface area contributed by atoms with Crippen LogP contribution in [0.4, 0.5) is 0 Å². The van der Waals surface area contributed by atoms with Gasteiger partial charge >= 0.3 is 0 Å². The van der Waals surface area contributed by atoms with E-state index in [0.29, 0.717) is 32.6 Å². The highest BCUT2D eigenvalue weighted by Gasteiger charge is 2.04. The number of methoxy groups -OCH3 is 1. The SMILES string of the molecule is CCc1ccc(OCCCC(=O)NCCOC)c(Br)c1. The third-order valence-corrected chi connectivity index (χ3v) is 3.46. The highest BCUT2D eigenvalue weighted by molar-refractivity contribution is 9.10. The molecule has 0 unspecified atom stereocenters. The highest BCUT2D eigenvalue weighted by atomic mass is 79.9. The molecule has 0 spiro atoms. The molecule has 0 bridgehead atoms. The molecule has 4 nitrogen and oxygen atoms in total. The van der Waals surface area contributed by atoms with Crippen molar-refractivity contribution in [2.75, 3.05) is 26.9 Å². The van der Waals surface area contributed by atoms with Crippen molar-refractivity contribution >= 4 is 21.8 Å². The van der Waals surface area contributed by atoms with Gasteiger partial charge in [-0.1, -0.05) is 13.0 Å². The van der Waals surface area contributed by atoms with Crippen LogP contribution >= 0.6 is 15.9 Å². The molecule has 0 aliphatic rings. The summed E-state index contributed by atoms with van der Waals surface area (Å²) in [5.74, 6) is 0.855. The predicted molar refractivity (Wildman–Crippen MR) is 83.1 cm³/mol. The van der Waals surface area contributed by atoms with Crippen molar-refractivity contribution in [1.82, 2.24) is 5.32 Å². The van der Waals surface area contributed by atoms with Crippen molar-refractivity contribution in [3.63, 3.8) is 0 Å². The van der Waals surface area contributed by atoms with Crippen molar-refractivity contribution in [3.05, 3.63) is 28.2 Å². The van der Waals surface area contributed by atoms with Crippen molar-refractivity contribution < 1.29 is 14.3 Å². The fourth-order valence-corrected chi connectivity index (χ4v) is 2.22. The zero-order valence-corrected chi connectivity index (χ0v) is 13.7. The lowest BCUT2D eigenvalue weighted by atomic mass is 10.2. The van der Waals surface area contributed by atoms with Crippen LogP contribution < -0.4 is 10.1 Å². The minimum Gasteiger partial charge on any atom is -0.492 e. The Bertz CT molecular complexity index is 424. The zero-order chi connectivity index (χ0) is 14.8. The summed E-state index contributed by atoms with van der Waals surface area (Å²) in [6.07, 6.45) is 2.16. The number of carbonyl (C=O) groups excluding carboxylic acids is 1. The van der Waals surface area contributed by atoms with E-state index in [2.05, 4.69) is 40.3 Å². The number of benzene rings is 1. The molecular formula is C15H22BrNO3. The van der Waals surface area contributed by atoms with Crippen LogP contribution in [0.25, 0.3) is 0 Å². The van der Waals surface area contributed by atoms with Gasteiger partial charge in [-0.05, 0) is 46.5 Å². The Labute approximate surface area is 129 Å². The van der Waals surface area contributed by atoms with Gasteiger partial charge in [0.05, 0.1) is 17.7 Å². The summed E-state index contributed by atoms with van der Waals surface area (Å²) in [6, 6.07) is 6.08. The number of halogens is 1. The molecule has 1 amide bonds. The second-order valence-electron chi connectivity index (χ2n) is 4.41. The largest absolute Gasteiger partial charge is 0.492 e. The van der Waals surface area contributed by atoms with Crippen molar-refractivity contribution in [1.29, 1.82) is 0 Å². The molecule has 0 fully saturated rings. The number of aryl methyl sites for hydroxylation is 1. The molecule has 1 aromatic carbocycles.